The number of epoxide rings is 2. The SMILES string of the molecule is CO[C@@H]1C(O)CC[C@]2(CO2)[C@H]1[C@@]1(C)O[C@@H]1CC=C(C)C. The number of hydrogen-bond acceptors (Lipinski definition) is 4. The molecule has 3 rings (SSSR count). The Balaban J connectivity index is 1.78. The number of ether oxygens (including phenoxy) is 3. The average molecular weight is 282 g/mol. The predicted molar refractivity (Wildman–Crippen MR) is 75.5 cm³/mol. The molecule has 1 unspecified atom stereocenters. The maximum Gasteiger partial charge on any atom is 0.101 e. The highest BCUT2D eigenvalue weighted by atomic mass is 16.6. The van der Waals surface area contributed by atoms with E-state index in [0.717, 1.165) is 25.9 Å². The number of aliphatic hydroxyl groups excluding tert-OH is 1. The maximum absolute atomic E-state index is 10.2. The first-order valence-corrected chi connectivity index (χ1v) is 7.59. The van der Waals surface area contributed by atoms with E-state index in [2.05, 4.69) is 26.8 Å². The van der Waals surface area contributed by atoms with Crippen LogP contribution in [0.15, 0.2) is 11.6 Å². The largest absolute Gasteiger partial charge is 0.390 e. The maximum atomic E-state index is 10.2. The van der Waals surface area contributed by atoms with E-state index in [1.807, 2.05) is 0 Å². The van der Waals surface area contributed by atoms with E-state index >= 15 is 0 Å². The van der Waals surface area contributed by atoms with Gasteiger partial charge >= 0.3 is 0 Å². The molecule has 2 saturated heterocycles. The minimum Gasteiger partial charge on any atom is -0.390 e. The van der Waals surface area contributed by atoms with E-state index in [4.69, 9.17) is 14.2 Å². The van der Waals surface area contributed by atoms with Crippen LogP contribution in [0.1, 0.15) is 40.0 Å². The molecule has 0 aromatic heterocycles. The Labute approximate surface area is 121 Å². The van der Waals surface area contributed by atoms with Crippen LogP contribution in [0.2, 0.25) is 0 Å². The summed E-state index contributed by atoms with van der Waals surface area (Å²) in [4.78, 5) is 0. The number of rotatable bonds is 4. The quantitative estimate of drug-likeness (QED) is 0.633. The van der Waals surface area contributed by atoms with E-state index in [1.54, 1.807) is 7.11 Å². The smallest absolute Gasteiger partial charge is 0.101 e. The standard InChI is InChI=1S/C16H26O4/c1-10(2)5-6-12-15(3,20-12)14-13(18-4)11(17)7-8-16(14)9-19-16/h5,11-14,17H,6-9H2,1-4H3/t11?,12-,13-,14-,15+,16+/m1/s1. The molecule has 114 valence electrons. The van der Waals surface area contributed by atoms with E-state index in [-0.39, 0.29) is 29.3 Å². The highest BCUT2D eigenvalue weighted by molar-refractivity contribution is 5.20. The Kier molecular flexibility index (Phi) is 3.49. The van der Waals surface area contributed by atoms with Crippen molar-refractivity contribution in [3.05, 3.63) is 11.6 Å². The van der Waals surface area contributed by atoms with Crippen LogP contribution in [0.5, 0.6) is 0 Å². The van der Waals surface area contributed by atoms with Gasteiger partial charge in [-0.25, -0.2) is 0 Å². The van der Waals surface area contributed by atoms with Crippen molar-refractivity contribution >= 4 is 0 Å². The van der Waals surface area contributed by atoms with Gasteiger partial charge in [0.1, 0.15) is 5.60 Å². The van der Waals surface area contributed by atoms with Crippen molar-refractivity contribution in [2.24, 2.45) is 5.92 Å². The van der Waals surface area contributed by atoms with Crippen molar-refractivity contribution < 1.29 is 19.3 Å². The third kappa shape index (κ3) is 2.23. The summed E-state index contributed by atoms with van der Waals surface area (Å²) < 4.78 is 17.4. The molecule has 3 aliphatic rings. The molecule has 0 aromatic carbocycles. The lowest BCUT2D eigenvalue weighted by Gasteiger charge is -2.41. The van der Waals surface area contributed by atoms with E-state index < -0.39 is 6.10 Å². The molecule has 0 radical (unpaired) electrons. The van der Waals surface area contributed by atoms with Gasteiger partial charge in [-0.05, 0) is 40.0 Å². The molecule has 4 nitrogen and oxygen atoms in total. The molecular formula is C16H26O4. The zero-order chi connectivity index (χ0) is 14.5. The first-order chi connectivity index (χ1) is 9.43. The highest BCUT2D eigenvalue weighted by Gasteiger charge is 2.71. The molecule has 1 saturated carbocycles. The normalized spacial score (nSPS) is 50.0. The minimum absolute atomic E-state index is 0.117. The summed E-state index contributed by atoms with van der Waals surface area (Å²) in [5, 5.41) is 10.2. The van der Waals surface area contributed by atoms with Crippen LogP contribution in [0.25, 0.3) is 0 Å². The topological polar surface area (TPSA) is 54.5 Å². The molecule has 6 atom stereocenters. The number of hydrogen-bond donors (Lipinski definition) is 1. The number of allylic oxidation sites excluding steroid dienone is 1. The summed E-state index contributed by atoms with van der Waals surface area (Å²) in [7, 11) is 1.68. The van der Waals surface area contributed by atoms with Gasteiger partial charge in [0.15, 0.2) is 0 Å². The van der Waals surface area contributed by atoms with Crippen molar-refractivity contribution in [2.45, 2.75) is 69.5 Å². The van der Waals surface area contributed by atoms with Crippen LogP contribution >= 0.6 is 0 Å². The Morgan fingerprint density at radius 1 is 1.45 bits per heavy atom. The Bertz CT molecular complexity index is 411. The summed E-state index contributed by atoms with van der Waals surface area (Å²) in [6.45, 7) is 7.13. The van der Waals surface area contributed by atoms with Crippen molar-refractivity contribution in [1.82, 2.24) is 0 Å². The molecule has 1 aliphatic carbocycles. The van der Waals surface area contributed by atoms with Crippen molar-refractivity contribution in [3.63, 3.8) is 0 Å². The molecule has 0 amide bonds. The Morgan fingerprint density at radius 3 is 2.70 bits per heavy atom. The van der Waals surface area contributed by atoms with Crippen molar-refractivity contribution in [3.8, 4) is 0 Å². The van der Waals surface area contributed by atoms with E-state index in [1.165, 1.54) is 5.57 Å². The second kappa shape index (κ2) is 4.80. The van der Waals surface area contributed by atoms with Gasteiger partial charge < -0.3 is 19.3 Å². The monoisotopic (exact) mass is 282 g/mol. The van der Waals surface area contributed by atoms with Gasteiger partial charge in [-0.3, -0.25) is 0 Å². The van der Waals surface area contributed by atoms with Gasteiger partial charge in [-0.2, -0.15) is 0 Å². The van der Waals surface area contributed by atoms with Crippen LogP contribution in [0.3, 0.4) is 0 Å². The highest BCUT2D eigenvalue weighted by Crippen LogP contribution is 2.59. The summed E-state index contributed by atoms with van der Waals surface area (Å²) >= 11 is 0. The number of aliphatic hydroxyl groups is 1. The third-order valence-corrected chi connectivity index (χ3v) is 5.26. The van der Waals surface area contributed by atoms with Crippen molar-refractivity contribution in [2.75, 3.05) is 13.7 Å². The fourth-order valence-corrected chi connectivity index (χ4v) is 3.96. The van der Waals surface area contributed by atoms with Gasteiger partial charge in [0, 0.05) is 7.11 Å². The van der Waals surface area contributed by atoms with Gasteiger partial charge in [-0.15, -0.1) is 0 Å². The van der Waals surface area contributed by atoms with Crippen LogP contribution in [0.4, 0.5) is 0 Å². The lowest BCUT2D eigenvalue weighted by molar-refractivity contribution is -0.116. The van der Waals surface area contributed by atoms with Crippen LogP contribution in [-0.2, 0) is 14.2 Å². The molecule has 1 N–H and O–H groups in total. The van der Waals surface area contributed by atoms with Gasteiger partial charge in [0.05, 0.1) is 36.4 Å². The molecule has 1 spiro atoms. The second-order valence-electron chi connectivity index (χ2n) is 6.94. The van der Waals surface area contributed by atoms with Crippen LogP contribution in [-0.4, -0.2) is 48.3 Å². The zero-order valence-corrected chi connectivity index (χ0v) is 12.9. The molecule has 3 fully saturated rings. The van der Waals surface area contributed by atoms with Crippen LogP contribution < -0.4 is 0 Å². The lowest BCUT2D eigenvalue weighted by Crippen LogP contribution is -2.54. The molecule has 20 heavy (non-hydrogen) atoms. The summed E-state index contributed by atoms with van der Waals surface area (Å²) in [6, 6.07) is 0. The second-order valence-corrected chi connectivity index (χ2v) is 6.94. The van der Waals surface area contributed by atoms with E-state index in [0.29, 0.717) is 0 Å². The molecule has 2 heterocycles. The summed E-state index contributed by atoms with van der Waals surface area (Å²) in [5.74, 6) is 0.124. The fraction of sp³-hybridized carbons (Fsp3) is 0.875. The average Bonchev–Trinajstić information content (AvgIpc) is 3.29. The van der Waals surface area contributed by atoms with Crippen LogP contribution in [0, 0.1) is 5.92 Å². The fourth-order valence-electron chi connectivity index (χ4n) is 3.96. The predicted octanol–water partition coefficient (Wildman–Crippen LogP) is 2.06. The van der Waals surface area contributed by atoms with E-state index in [9.17, 15) is 5.11 Å². The van der Waals surface area contributed by atoms with Crippen molar-refractivity contribution in [1.29, 1.82) is 0 Å². The summed E-state index contributed by atoms with van der Waals surface area (Å²) in [5.41, 5.74) is 0.964. The third-order valence-electron chi connectivity index (χ3n) is 5.26. The molecule has 0 bridgehead atoms. The molecular weight excluding hydrogens is 256 g/mol. The van der Waals surface area contributed by atoms with Gasteiger partial charge in [0.2, 0.25) is 0 Å². The van der Waals surface area contributed by atoms with Gasteiger partial charge in [0.25, 0.3) is 0 Å². The molecule has 4 heteroatoms. The lowest BCUT2D eigenvalue weighted by atomic mass is 9.68. The first-order valence-electron chi connectivity index (χ1n) is 7.59. The molecule has 0 aromatic rings. The Morgan fingerprint density at radius 2 is 2.15 bits per heavy atom. The number of methoxy groups -OCH3 is 1. The van der Waals surface area contributed by atoms with Gasteiger partial charge in [-0.1, -0.05) is 11.6 Å². The Hall–Kier alpha value is -0.420. The first kappa shape index (κ1) is 14.5. The minimum atomic E-state index is -0.412. The molecule has 2 aliphatic heterocycles. The zero-order valence-electron chi connectivity index (χ0n) is 12.9. The summed E-state index contributed by atoms with van der Waals surface area (Å²) in [6.07, 6.45) is 4.43.